The Morgan fingerprint density at radius 2 is 1.62 bits per heavy atom. The zero-order valence-corrected chi connectivity index (χ0v) is 12.3. The third kappa shape index (κ3) is 2.99. The van der Waals surface area contributed by atoms with Crippen molar-refractivity contribution in [1.82, 2.24) is 9.78 Å². The van der Waals surface area contributed by atoms with Crippen molar-refractivity contribution < 1.29 is 4.79 Å². The van der Waals surface area contributed by atoms with Gasteiger partial charge in [-0.1, -0.05) is 41.4 Å². The molecule has 0 aliphatic heterocycles. The van der Waals surface area contributed by atoms with Crippen LogP contribution < -0.4 is 0 Å². The Kier molecular flexibility index (Phi) is 3.78. The van der Waals surface area contributed by atoms with E-state index in [1.165, 1.54) is 6.20 Å². The van der Waals surface area contributed by atoms with Gasteiger partial charge < -0.3 is 0 Å². The van der Waals surface area contributed by atoms with E-state index in [-0.39, 0.29) is 5.78 Å². The molecule has 1 heterocycles. The zero-order chi connectivity index (χ0) is 14.8. The highest BCUT2D eigenvalue weighted by Crippen LogP contribution is 2.21. The van der Waals surface area contributed by atoms with Crippen molar-refractivity contribution in [3.63, 3.8) is 0 Å². The van der Waals surface area contributed by atoms with E-state index >= 15 is 0 Å². The molecular weight excluding hydrogens is 307 g/mol. The Balaban J connectivity index is 1.94. The van der Waals surface area contributed by atoms with Crippen LogP contribution in [0.3, 0.4) is 0 Å². The summed E-state index contributed by atoms with van der Waals surface area (Å²) in [6.07, 6.45) is 3.22. The van der Waals surface area contributed by atoms with Gasteiger partial charge in [0.1, 0.15) is 0 Å². The molecule has 21 heavy (non-hydrogen) atoms. The van der Waals surface area contributed by atoms with Gasteiger partial charge in [-0.2, -0.15) is 5.10 Å². The number of carbonyl (C=O) groups is 1. The molecule has 2 aromatic carbocycles. The maximum atomic E-state index is 12.4. The highest BCUT2D eigenvalue weighted by Gasteiger charge is 2.13. The number of rotatable bonds is 3. The maximum absolute atomic E-state index is 12.4. The Bertz CT molecular complexity index is 777. The first-order chi connectivity index (χ1) is 10.1. The summed E-state index contributed by atoms with van der Waals surface area (Å²) in [5, 5.41) is 5.07. The number of halogens is 2. The molecule has 0 unspecified atom stereocenters. The molecule has 3 nitrogen and oxygen atoms in total. The van der Waals surface area contributed by atoms with Crippen molar-refractivity contribution in [2.75, 3.05) is 0 Å². The molecule has 104 valence electrons. The molecule has 1 aromatic heterocycles. The van der Waals surface area contributed by atoms with Gasteiger partial charge in [-0.3, -0.25) is 4.79 Å². The number of ketones is 1. The van der Waals surface area contributed by atoms with Gasteiger partial charge in [-0.05, 0) is 30.3 Å². The minimum absolute atomic E-state index is 0.165. The highest BCUT2D eigenvalue weighted by atomic mass is 35.5. The number of carbonyl (C=O) groups excluding carboxylic acids is 1. The zero-order valence-electron chi connectivity index (χ0n) is 10.8. The van der Waals surface area contributed by atoms with E-state index in [2.05, 4.69) is 5.10 Å². The van der Waals surface area contributed by atoms with Gasteiger partial charge in [0.15, 0.2) is 5.78 Å². The summed E-state index contributed by atoms with van der Waals surface area (Å²) in [5.41, 5.74) is 1.82. The fourth-order valence-corrected chi connectivity index (χ4v) is 2.54. The van der Waals surface area contributed by atoms with Crippen LogP contribution in [0.25, 0.3) is 5.69 Å². The predicted octanol–water partition coefficient (Wildman–Crippen LogP) is 4.41. The molecule has 5 heteroatoms. The van der Waals surface area contributed by atoms with E-state index in [9.17, 15) is 4.79 Å². The summed E-state index contributed by atoms with van der Waals surface area (Å²) in [6.45, 7) is 0. The summed E-state index contributed by atoms with van der Waals surface area (Å²) >= 11 is 11.9. The van der Waals surface area contributed by atoms with Crippen LogP contribution in [0, 0.1) is 0 Å². The monoisotopic (exact) mass is 316 g/mol. The minimum atomic E-state index is -0.165. The van der Waals surface area contributed by atoms with Gasteiger partial charge in [0.05, 0.1) is 17.4 Å². The largest absolute Gasteiger partial charge is 0.288 e. The first-order valence-corrected chi connectivity index (χ1v) is 7.00. The molecule has 3 aromatic rings. The molecule has 0 N–H and O–H groups in total. The lowest BCUT2D eigenvalue weighted by Crippen LogP contribution is -2.00. The minimum Gasteiger partial charge on any atom is -0.288 e. The third-order valence-electron chi connectivity index (χ3n) is 2.99. The second-order valence-corrected chi connectivity index (χ2v) is 5.37. The third-order valence-corrected chi connectivity index (χ3v) is 3.43. The van der Waals surface area contributed by atoms with E-state index in [0.717, 1.165) is 5.69 Å². The van der Waals surface area contributed by atoms with Crippen LogP contribution in [0.2, 0.25) is 10.0 Å². The van der Waals surface area contributed by atoms with Crippen LogP contribution in [0.15, 0.2) is 60.9 Å². The van der Waals surface area contributed by atoms with Crippen molar-refractivity contribution >= 4 is 29.0 Å². The molecule has 0 aliphatic rings. The number of hydrogen-bond acceptors (Lipinski definition) is 2. The number of hydrogen-bond donors (Lipinski definition) is 0. The van der Waals surface area contributed by atoms with Crippen LogP contribution >= 0.6 is 23.2 Å². The van der Waals surface area contributed by atoms with Crippen LogP contribution in [0.5, 0.6) is 0 Å². The van der Waals surface area contributed by atoms with Crippen LogP contribution in [-0.4, -0.2) is 15.6 Å². The lowest BCUT2D eigenvalue weighted by Gasteiger charge is -2.01. The first kappa shape index (κ1) is 13.9. The number of benzene rings is 2. The Labute approximate surface area is 131 Å². The van der Waals surface area contributed by atoms with Gasteiger partial charge >= 0.3 is 0 Å². The van der Waals surface area contributed by atoms with Gasteiger partial charge in [0.2, 0.25) is 0 Å². The smallest absolute Gasteiger partial charge is 0.196 e. The molecule has 0 saturated heterocycles. The lowest BCUT2D eigenvalue weighted by molar-refractivity contribution is 0.103. The molecule has 0 bridgehead atoms. The summed E-state index contributed by atoms with van der Waals surface area (Å²) in [5.74, 6) is -0.165. The summed E-state index contributed by atoms with van der Waals surface area (Å²) in [7, 11) is 0. The Morgan fingerprint density at radius 3 is 2.29 bits per heavy atom. The van der Waals surface area contributed by atoms with Gasteiger partial charge in [0, 0.05) is 21.8 Å². The van der Waals surface area contributed by atoms with E-state index in [1.54, 1.807) is 29.1 Å². The highest BCUT2D eigenvalue weighted by molar-refractivity contribution is 6.35. The summed E-state index contributed by atoms with van der Waals surface area (Å²) < 4.78 is 1.65. The molecule has 0 aliphatic carbocycles. The summed E-state index contributed by atoms with van der Waals surface area (Å²) in [6, 6.07) is 14.4. The average Bonchev–Trinajstić information content (AvgIpc) is 2.96. The van der Waals surface area contributed by atoms with Gasteiger partial charge in [-0.25, -0.2) is 4.68 Å². The second kappa shape index (κ2) is 5.72. The van der Waals surface area contributed by atoms with Crippen molar-refractivity contribution in [3.8, 4) is 5.69 Å². The number of aromatic nitrogens is 2. The molecule has 0 atom stereocenters. The number of para-hydroxylation sites is 1. The van der Waals surface area contributed by atoms with Crippen molar-refractivity contribution in [2.24, 2.45) is 0 Å². The quantitative estimate of drug-likeness (QED) is 0.671. The predicted molar refractivity (Wildman–Crippen MR) is 83.5 cm³/mol. The SMILES string of the molecule is O=C(c1cc(Cl)cc(Cl)c1)c1cnn(-c2ccccc2)c1. The molecule has 0 amide bonds. The normalized spacial score (nSPS) is 10.6. The molecule has 0 fully saturated rings. The molecule has 0 radical (unpaired) electrons. The molecule has 0 spiro atoms. The second-order valence-electron chi connectivity index (χ2n) is 4.50. The van der Waals surface area contributed by atoms with Crippen LogP contribution in [0.4, 0.5) is 0 Å². The van der Waals surface area contributed by atoms with E-state index in [1.807, 2.05) is 30.3 Å². The molecule has 3 rings (SSSR count). The number of nitrogens with zero attached hydrogens (tertiary/aromatic N) is 2. The van der Waals surface area contributed by atoms with Crippen molar-refractivity contribution in [3.05, 3.63) is 82.1 Å². The summed E-state index contributed by atoms with van der Waals surface area (Å²) in [4.78, 5) is 12.4. The van der Waals surface area contributed by atoms with Gasteiger partial charge in [-0.15, -0.1) is 0 Å². The van der Waals surface area contributed by atoms with Crippen LogP contribution in [0.1, 0.15) is 15.9 Å². The molecular formula is C16H10Cl2N2O. The van der Waals surface area contributed by atoms with E-state index < -0.39 is 0 Å². The van der Waals surface area contributed by atoms with E-state index in [4.69, 9.17) is 23.2 Å². The first-order valence-electron chi connectivity index (χ1n) is 6.24. The fraction of sp³-hybridized carbons (Fsp3) is 0. The van der Waals surface area contributed by atoms with Crippen LogP contribution in [-0.2, 0) is 0 Å². The lowest BCUT2D eigenvalue weighted by atomic mass is 10.1. The average molecular weight is 317 g/mol. The maximum Gasteiger partial charge on any atom is 0.196 e. The Hall–Kier alpha value is -2.10. The Morgan fingerprint density at radius 1 is 0.952 bits per heavy atom. The fourth-order valence-electron chi connectivity index (χ4n) is 2.01. The van der Waals surface area contributed by atoms with E-state index in [0.29, 0.717) is 21.2 Å². The van der Waals surface area contributed by atoms with Crippen molar-refractivity contribution in [1.29, 1.82) is 0 Å². The van der Waals surface area contributed by atoms with Gasteiger partial charge in [0.25, 0.3) is 0 Å². The molecule has 0 saturated carbocycles. The topological polar surface area (TPSA) is 34.9 Å². The van der Waals surface area contributed by atoms with Crippen molar-refractivity contribution in [2.45, 2.75) is 0 Å². The standard InChI is InChI=1S/C16H10Cl2N2O/c17-13-6-11(7-14(18)8-13)16(21)12-9-19-20(10-12)15-4-2-1-3-5-15/h1-10H.